The summed E-state index contributed by atoms with van der Waals surface area (Å²) >= 11 is 0. The second-order valence-electron chi connectivity index (χ2n) is 5.78. The van der Waals surface area contributed by atoms with Crippen molar-refractivity contribution in [2.24, 2.45) is 17.8 Å². The molecular formula is C15H28O2. The third-order valence-corrected chi connectivity index (χ3v) is 4.71. The van der Waals surface area contributed by atoms with Crippen molar-refractivity contribution < 1.29 is 9.47 Å². The highest BCUT2D eigenvalue weighted by molar-refractivity contribution is 4.82. The molecule has 0 aromatic carbocycles. The van der Waals surface area contributed by atoms with Crippen molar-refractivity contribution in [3.63, 3.8) is 0 Å². The molecular weight excluding hydrogens is 212 g/mol. The summed E-state index contributed by atoms with van der Waals surface area (Å²) in [5.41, 5.74) is 0. The van der Waals surface area contributed by atoms with Gasteiger partial charge in [0, 0.05) is 0 Å². The number of ether oxygens (including phenoxy) is 2. The Balaban J connectivity index is 1.73. The van der Waals surface area contributed by atoms with E-state index in [1.807, 2.05) is 0 Å². The van der Waals surface area contributed by atoms with Gasteiger partial charge in [-0.2, -0.15) is 0 Å². The Bertz CT molecular complexity index is 211. The average Bonchev–Trinajstić information content (AvgIpc) is 2.80. The second kappa shape index (κ2) is 6.75. The van der Waals surface area contributed by atoms with Crippen LogP contribution >= 0.6 is 0 Å². The fraction of sp³-hybridized carbons (Fsp3) is 1.00. The summed E-state index contributed by atoms with van der Waals surface area (Å²) in [6.07, 6.45) is 9.21. The maximum Gasteiger partial charge on any atom is 0.157 e. The molecule has 1 saturated carbocycles. The van der Waals surface area contributed by atoms with Gasteiger partial charge in [-0.15, -0.1) is 0 Å². The Morgan fingerprint density at radius 3 is 2.24 bits per heavy atom. The van der Waals surface area contributed by atoms with Crippen molar-refractivity contribution >= 4 is 0 Å². The topological polar surface area (TPSA) is 18.5 Å². The van der Waals surface area contributed by atoms with Crippen LogP contribution in [0.25, 0.3) is 0 Å². The molecule has 1 aliphatic heterocycles. The van der Waals surface area contributed by atoms with Gasteiger partial charge in [0.05, 0.1) is 13.2 Å². The largest absolute Gasteiger partial charge is 0.353 e. The van der Waals surface area contributed by atoms with Crippen LogP contribution in [0.4, 0.5) is 0 Å². The normalized spacial score (nSPS) is 35.3. The minimum atomic E-state index is 0.0990. The summed E-state index contributed by atoms with van der Waals surface area (Å²) in [6.45, 7) is 6.48. The average molecular weight is 240 g/mol. The molecule has 2 heteroatoms. The van der Waals surface area contributed by atoms with Crippen molar-refractivity contribution in [1.29, 1.82) is 0 Å². The van der Waals surface area contributed by atoms with Crippen molar-refractivity contribution in [2.45, 2.75) is 65.1 Å². The van der Waals surface area contributed by atoms with Gasteiger partial charge >= 0.3 is 0 Å². The zero-order valence-corrected chi connectivity index (χ0v) is 11.5. The third-order valence-electron chi connectivity index (χ3n) is 4.71. The molecule has 3 unspecified atom stereocenters. The van der Waals surface area contributed by atoms with Gasteiger partial charge < -0.3 is 9.47 Å². The van der Waals surface area contributed by atoms with Gasteiger partial charge in [-0.3, -0.25) is 0 Å². The zero-order chi connectivity index (χ0) is 12.1. The van der Waals surface area contributed by atoms with E-state index >= 15 is 0 Å². The summed E-state index contributed by atoms with van der Waals surface area (Å²) in [7, 11) is 0. The van der Waals surface area contributed by atoms with Crippen LogP contribution in [-0.4, -0.2) is 19.5 Å². The second-order valence-corrected chi connectivity index (χ2v) is 5.78. The van der Waals surface area contributed by atoms with Gasteiger partial charge in [0.25, 0.3) is 0 Å². The van der Waals surface area contributed by atoms with E-state index in [0.29, 0.717) is 0 Å². The minimum Gasteiger partial charge on any atom is -0.353 e. The number of hydrogen-bond donors (Lipinski definition) is 0. The van der Waals surface area contributed by atoms with Gasteiger partial charge in [0.2, 0.25) is 0 Å². The highest BCUT2D eigenvalue weighted by atomic mass is 16.7. The lowest BCUT2D eigenvalue weighted by Crippen LogP contribution is -2.25. The van der Waals surface area contributed by atoms with Crippen LogP contribution in [0.15, 0.2) is 0 Å². The lowest BCUT2D eigenvalue weighted by molar-refractivity contribution is -0.182. The first-order chi connectivity index (χ1) is 8.33. The Morgan fingerprint density at radius 2 is 1.59 bits per heavy atom. The van der Waals surface area contributed by atoms with Crippen LogP contribution in [0.5, 0.6) is 0 Å². The fourth-order valence-corrected chi connectivity index (χ4v) is 3.58. The van der Waals surface area contributed by atoms with Gasteiger partial charge in [0.1, 0.15) is 0 Å². The molecule has 0 N–H and O–H groups in total. The lowest BCUT2D eigenvalue weighted by atomic mass is 9.89. The number of rotatable bonds is 5. The molecule has 0 spiro atoms. The van der Waals surface area contributed by atoms with Crippen LogP contribution in [0.3, 0.4) is 0 Å². The van der Waals surface area contributed by atoms with Crippen LogP contribution in [0, 0.1) is 17.8 Å². The molecule has 1 saturated heterocycles. The molecule has 0 aromatic rings. The van der Waals surface area contributed by atoms with Gasteiger partial charge in [-0.1, -0.05) is 26.7 Å². The van der Waals surface area contributed by atoms with Crippen molar-refractivity contribution in [1.82, 2.24) is 0 Å². The van der Waals surface area contributed by atoms with E-state index in [1.165, 1.54) is 32.1 Å². The summed E-state index contributed by atoms with van der Waals surface area (Å²) < 4.78 is 11.3. The third kappa shape index (κ3) is 3.69. The lowest BCUT2D eigenvalue weighted by Gasteiger charge is -2.25. The first kappa shape index (κ1) is 13.4. The molecule has 3 atom stereocenters. The standard InChI is InChI=1S/C15H28O2/c1-3-12-10-13(4-2)14(11-12)6-7-15-16-8-5-9-17-15/h12-15H,3-11H2,1-2H3. The Hall–Kier alpha value is -0.0800. The minimum absolute atomic E-state index is 0.0990. The predicted molar refractivity (Wildman–Crippen MR) is 69.8 cm³/mol. The van der Waals surface area contributed by atoms with Gasteiger partial charge in [-0.25, -0.2) is 0 Å². The van der Waals surface area contributed by atoms with Gasteiger partial charge in [-0.05, 0) is 49.9 Å². The fourth-order valence-electron chi connectivity index (χ4n) is 3.58. The molecule has 1 heterocycles. The highest BCUT2D eigenvalue weighted by Crippen LogP contribution is 2.42. The van der Waals surface area contributed by atoms with Crippen LogP contribution in [0.2, 0.25) is 0 Å². The zero-order valence-electron chi connectivity index (χ0n) is 11.5. The van der Waals surface area contributed by atoms with Gasteiger partial charge in [0.15, 0.2) is 6.29 Å². The van der Waals surface area contributed by atoms with Crippen molar-refractivity contribution in [3.8, 4) is 0 Å². The first-order valence-electron chi connectivity index (χ1n) is 7.56. The highest BCUT2D eigenvalue weighted by Gasteiger charge is 2.32. The Kier molecular flexibility index (Phi) is 5.30. The van der Waals surface area contributed by atoms with E-state index in [1.54, 1.807) is 0 Å². The summed E-state index contributed by atoms with van der Waals surface area (Å²) in [5.74, 6) is 2.88. The van der Waals surface area contributed by atoms with Crippen LogP contribution in [-0.2, 0) is 9.47 Å². The van der Waals surface area contributed by atoms with E-state index in [4.69, 9.17) is 9.47 Å². The molecule has 2 fully saturated rings. The van der Waals surface area contributed by atoms with E-state index in [2.05, 4.69) is 13.8 Å². The molecule has 0 amide bonds. The maximum absolute atomic E-state index is 5.64. The van der Waals surface area contributed by atoms with Crippen LogP contribution in [0.1, 0.15) is 58.8 Å². The van der Waals surface area contributed by atoms with Crippen molar-refractivity contribution in [3.05, 3.63) is 0 Å². The predicted octanol–water partition coefficient (Wildman–Crippen LogP) is 3.99. The molecule has 0 aromatic heterocycles. The monoisotopic (exact) mass is 240 g/mol. The van der Waals surface area contributed by atoms with E-state index < -0.39 is 0 Å². The molecule has 2 rings (SSSR count). The molecule has 17 heavy (non-hydrogen) atoms. The van der Waals surface area contributed by atoms with Crippen LogP contribution < -0.4 is 0 Å². The molecule has 0 bridgehead atoms. The molecule has 2 nitrogen and oxygen atoms in total. The first-order valence-corrected chi connectivity index (χ1v) is 7.56. The molecule has 1 aliphatic carbocycles. The van der Waals surface area contributed by atoms with E-state index in [0.717, 1.165) is 43.8 Å². The summed E-state index contributed by atoms with van der Waals surface area (Å²) in [6, 6.07) is 0. The van der Waals surface area contributed by atoms with Crippen molar-refractivity contribution in [2.75, 3.05) is 13.2 Å². The number of hydrogen-bond acceptors (Lipinski definition) is 2. The summed E-state index contributed by atoms with van der Waals surface area (Å²) in [5, 5.41) is 0. The van der Waals surface area contributed by atoms with E-state index in [-0.39, 0.29) is 6.29 Å². The smallest absolute Gasteiger partial charge is 0.157 e. The Labute approximate surface area is 106 Å². The SMILES string of the molecule is CCC1CC(CC)C(CCC2OCCCO2)C1. The Morgan fingerprint density at radius 1 is 0.882 bits per heavy atom. The maximum atomic E-state index is 5.64. The molecule has 2 aliphatic rings. The summed E-state index contributed by atoms with van der Waals surface area (Å²) in [4.78, 5) is 0. The molecule has 0 radical (unpaired) electrons. The van der Waals surface area contributed by atoms with E-state index in [9.17, 15) is 0 Å². The molecule has 100 valence electrons. The quantitative estimate of drug-likeness (QED) is 0.723.